The molecule has 2 aromatic rings. The van der Waals surface area contributed by atoms with Crippen LogP contribution in [0, 0.1) is 0 Å². The lowest BCUT2D eigenvalue weighted by Gasteiger charge is -2.21. The van der Waals surface area contributed by atoms with Crippen LogP contribution in [0.3, 0.4) is 0 Å². The summed E-state index contributed by atoms with van der Waals surface area (Å²) in [5.41, 5.74) is 1.09. The van der Waals surface area contributed by atoms with Crippen LogP contribution in [-0.2, 0) is 17.9 Å². The van der Waals surface area contributed by atoms with E-state index in [-0.39, 0.29) is 11.9 Å². The molecule has 0 fully saturated rings. The molecule has 0 bridgehead atoms. The number of carbonyl (C=O) groups excluding carboxylic acids is 2. The van der Waals surface area contributed by atoms with Crippen LogP contribution in [0.15, 0.2) is 47.8 Å². The molecule has 5 nitrogen and oxygen atoms in total. The summed E-state index contributed by atoms with van der Waals surface area (Å²) in [5, 5.41) is 4.84. The van der Waals surface area contributed by atoms with Crippen LogP contribution in [0.2, 0.25) is 0 Å². The Balaban J connectivity index is 1.72. The predicted molar refractivity (Wildman–Crippen MR) is 101 cm³/mol. The van der Waals surface area contributed by atoms with Crippen molar-refractivity contribution in [2.75, 3.05) is 20.1 Å². The third kappa shape index (κ3) is 6.23. The molecule has 0 saturated heterocycles. The van der Waals surface area contributed by atoms with Gasteiger partial charge >= 0.3 is 6.03 Å². The molecule has 0 atom stereocenters. The number of hydrogen-bond acceptors (Lipinski definition) is 3. The summed E-state index contributed by atoms with van der Waals surface area (Å²) in [5.74, 6) is 0.0189. The highest BCUT2D eigenvalue weighted by Crippen LogP contribution is 2.11. The van der Waals surface area contributed by atoms with Gasteiger partial charge in [-0.05, 0) is 23.9 Å². The summed E-state index contributed by atoms with van der Waals surface area (Å²) in [6, 6.07) is 13.7. The topological polar surface area (TPSA) is 52.7 Å². The van der Waals surface area contributed by atoms with Gasteiger partial charge in [0.25, 0.3) is 0 Å². The van der Waals surface area contributed by atoms with Crippen molar-refractivity contribution in [3.05, 3.63) is 58.3 Å². The zero-order valence-electron chi connectivity index (χ0n) is 14.8. The number of carbonyl (C=O) groups is 2. The maximum atomic E-state index is 12.2. The molecular formula is C19H25N3O2S. The predicted octanol–water partition coefficient (Wildman–Crippen LogP) is 3.33. The number of benzene rings is 1. The molecule has 0 radical (unpaired) electrons. The van der Waals surface area contributed by atoms with E-state index in [9.17, 15) is 9.59 Å². The van der Waals surface area contributed by atoms with Gasteiger partial charge in [0.15, 0.2) is 0 Å². The molecule has 25 heavy (non-hydrogen) atoms. The van der Waals surface area contributed by atoms with Crippen LogP contribution in [0.5, 0.6) is 0 Å². The van der Waals surface area contributed by atoms with Crippen LogP contribution < -0.4 is 5.32 Å². The van der Waals surface area contributed by atoms with Crippen LogP contribution in [-0.4, -0.2) is 41.9 Å². The van der Waals surface area contributed by atoms with Gasteiger partial charge in [-0.3, -0.25) is 4.79 Å². The lowest BCUT2D eigenvalue weighted by molar-refractivity contribution is -0.130. The van der Waals surface area contributed by atoms with E-state index < -0.39 is 0 Å². The molecule has 0 aliphatic heterocycles. The Morgan fingerprint density at radius 2 is 1.84 bits per heavy atom. The molecular weight excluding hydrogens is 334 g/mol. The van der Waals surface area contributed by atoms with E-state index in [1.807, 2.05) is 54.8 Å². The second-order valence-electron chi connectivity index (χ2n) is 5.81. The van der Waals surface area contributed by atoms with Crippen molar-refractivity contribution < 1.29 is 9.59 Å². The summed E-state index contributed by atoms with van der Waals surface area (Å²) < 4.78 is 0. The smallest absolute Gasteiger partial charge is 0.317 e. The van der Waals surface area contributed by atoms with Crippen molar-refractivity contribution in [1.29, 1.82) is 0 Å². The highest BCUT2D eigenvalue weighted by molar-refractivity contribution is 7.09. The van der Waals surface area contributed by atoms with Gasteiger partial charge in [-0.25, -0.2) is 4.79 Å². The molecule has 0 spiro atoms. The van der Waals surface area contributed by atoms with Crippen molar-refractivity contribution >= 4 is 23.3 Å². The van der Waals surface area contributed by atoms with Crippen molar-refractivity contribution in [3.63, 3.8) is 0 Å². The number of rotatable bonds is 8. The van der Waals surface area contributed by atoms with E-state index in [0.717, 1.165) is 10.4 Å². The second-order valence-corrected chi connectivity index (χ2v) is 6.84. The molecule has 6 heteroatoms. The van der Waals surface area contributed by atoms with Crippen molar-refractivity contribution in [2.24, 2.45) is 0 Å². The molecule has 0 aliphatic rings. The number of nitrogens with zero attached hydrogens (tertiary/aromatic N) is 2. The lowest BCUT2D eigenvalue weighted by atomic mass is 10.2. The van der Waals surface area contributed by atoms with E-state index in [1.165, 1.54) is 0 Å². The van der Waals surface area contributed by atoms with Gasteiger partial charge in [0.2, 0.25) is 5.91 Å². The lowest BCUT2D eigenvalue weighted by Crippen LogP contribution is -2.40. The van der Waals surface area contributed by atoms with Gasteiger partial charge < -0.3 is 15.1 Å². The Morgan fingerprint density at radius 1 is 1.08 bits per heavy atom. The minimum atomic E-state index is -0.130. The molecule has 134 valence electrons. The Kier molecular flexibility index (Phi) is 7.47. The molecule has 1 aromatic carbocycles. The molecule has 0 saturated carbocycles. The van der Waals surface area contributed by atoms with E-state index in [1.54, 1.807) is 28.2 Å². The zero-order valence-corrected chi connectivity index (χ0v) is 15.6. The largest absolute Gasteiger partial charge is 0.341 e. The maximum Gasteiger partial charge on any atom is 0.317 e. The summed E-state index contributed by atoms with van der Waals surface area (Å²) in [7, 11) is 1.78. The van der Waals surface area contributed by atoms with E-state index in [0.29, 0.717) is 32.6 Å². The van der Waals surface area contributed by atoms with Gasteiger partial charge in [0, 0.05) is 38.0 Å². The van der Waals surface area contributed by atoms with Crippen molar-refractivity contribution in [2.45, 2.75) is 26.4 Å². The quantitative estimate of drug-likeness (QED) is 0.786. The summed E-state index contributed by atoms with van der Waals surface area (Å²) in [6.45, 7) is 4.10. The number of amides is 3. The molecule has 0 aliphatic carbocycles. The number of urea groups is 1. The highest BCUT2D eigenvalue weighted by atomic mass is 32.1. The minimum Gasteiger partial charge on any atom is -0.341 e. The summed E-state index contributed by atoms with van der Waals surface area (Å²) in [6.07, 6.45) is 0.297. The molecule has 3 amide bonds. The average Bonchev–Trinajstić information content (AvgIpc) is 3.13. The van der Waals surface area contributed by atoms with Gasteiger partial charge in [-0.15, -0.1) is 11.3 Å². The summed E-state index contributed by atoms with van der Waals surface area (Å²) >= 11 is 1.64. The first-order valence-electron chi connectivity index (χ1n) is 8.43. The SMILES string of the molecule is CCN(Cc1cccs1)C(=O)NCCC(=O)N(C)Cc1ccccc1. The van der Waals surface area contributed by atoms with Gasteiger partial charge in [0.1, 0.15) is 0 Å². The standard InChI is InChI=1S/C19H25N3O2S/c1-3-22(15-17-10-7-13-25-17)19(24)20-12-11-18(23)21(2)14-16-8-5-4-6-9-16/h4-10,13H,3,11-12,14-15H2,1-2H3,(H,20,24). The number of hydrogen-bond donors (Lipinski definition) is 1. The average molecular weight is 359 g/mol. The van der Waals surface area contributed by atoms with Crippen molar-refractivity contribution in [3.8, 4) is 0 Å². The van der Waals surface area contributed by atoms with E-state index in [2.05, 4.69) is 5.32 Å². The second kappa shape index (κ2) is 9.84. The fourth-order valence-electron chi connectivity index (χ4n) is 2.44. The third-order valence-corrected chi connectivity index (χ3v) is 4.76. The first-order chi connectivity index (χ1) is 12.1. The first kappa shape index (κ1) is 19.0. The van der Waals surface area contributed by atoms with Crippen LogP contribution in [0.1, 0.15) is 23.8 Å². The molecule has 1 N–H and O–H groups in total. The normalized spacial score (nSPS) is 10.3. The van der Waals surface area contributed by atoms with Crippen LogP contribution in [0.4, 0.5) is 4.79 Å². The Labute approximate surface area is 153 Å². The monoisotopic (exact) mass is 359 g/mol. The van der Waals surface area contributed by atoms with E-state index >= 15 is 0 Å². The fraction of sp³-hybridized carbons (Fsp3) is 0.368. The Hall–Kier alpha value is -2.34. The minimum absolute atomic E-state index is 0.0189. The maximum absolute atomic E-state index is 12.2. The Morgan fingerprint density at radius 3 is 2.48 bits per heavy atom. The van der Waals surface area contributed by atoms with Crippen LogP contribution >= 0.6 is 11.3 Å². The molecule has 1 aromatic heterocycles. The number of thiophene rings is 1. The first-order valence-corrected chi connectivity index (χ1v) is 9.31. The highest BCUT2D eigenvalue weighted by Gasteiger charge is 2.14. The van der Waals surface area contributed by atoms with Gasteiger partial charge in [-0.2, -0.15) is 0 Å². The third-order valence-electron chi connectivity index (χ3n) is 3.90. The zero-order chi connectivity index (χ0) is 18.1. The Bertz CT molecular complexity index is 659. The van der Waals surface area contributed by atoms with Crippen LogP contribution in [0.25, 0.3) is 0 Å². The molecule has 0 unspecified atom stereocenters. The molecule has 1 heterocycles. The summed E-state index contributed by atoms with van der Waals surface area (Å²) in [4.78, 5) is 29.0. The molecule has 2 rings (SSSR count). The fourth-order valence-corrected chi connectivity index (χ4v) is 3.16. The van der Waals surface area contributed by atoms with E-state index in [4.69, 9.17) is 0 Å². The van der Waals surface area contributed by atoms with Gasteiger partial charge in [-0.1, -0.05) is 36.4 Å². The van der Waals surface area contributed by atoms with Gasteiger partial charge in [0.05, 0.1) is 6.54 Å². The number of nitrogens with one attached hydrogen (secondary N) is 1. The van der Waals surface area contributed by atoms with Crippen molar-refractivity contribution in [1.82, 2.24) is 15.1 Å².